The Labute approximate surface area is 133 Å². The van der Waals surface area contributed by atoms with Gasteiger partial charge in [0.1, 0.15) is 6.04 Å². The van der Waals surface area contributed by atoms with Crippen molar-refractivity contribution in [2.24, 2.45) is 0 Å². The third-order valence-corrected chi connectivity index (χ3v) is 4.08. The van der Waals surface area contributed by atoms with Gasteiger partial charge in [-0.3, -0.25) is 4.79 Å². The first-order valence-electron chi connectivity index (χ1n) is 7.21. The number of nitrogens with one attached hydrogen (secondary N) is 1. The molecule has 2 aromatic rings. The Morgan fingerprint density at radius 2 is 2.14 bits per heavy atom. The van der Waals surface area contributed by atoms with Gasteiger partial charge in [0.05, 0.1) is 0 Å². The standard InChI is InChI=1S/C15H17ClN4O2/c1-9-7-8-20(9)14(21)10(2)17-15-19-18-13(22-15)11-3-5-12(16)6-4-11/h3-6,9-10H,7-8H2,1-2H3,(H,17,19)/t9-,10-/m1/s1. The number of carbonyl (C=O) groups is 1. The van der Waals surface area contributed by atoms with Crippen molar-refractivity contribution in [3.05, 3.63) is 29.3 Å². The first kappa shape index (κ1) is 14.8. The van der Waals surface area contributed by atoms with Gasteiger partial charge in [0.25, 0.3) is 0 Å². The average molecular weight is 321 g/mol. The maximum absolute atomic E-state index is 12.2. The van der Waals surface area contributed by atoms with E-state index in [1.807, 2.05) is 11.8 Å². The molecule has 0 bridgehead atoms. The van der Waals surface area contributed by atoms with Crippen LogP contribution in [0.5, 0.6) is 0 Å². The largest absolute Gasteiger partial charge is 0.403 e. The van der Waals surface area contributed by atoms with Crippen LogP contribution < -0.4 is 5.32 Å². The van der Waals surface area contributed by atoms with Gasteiger partial charge < -0.3 is 14.6 Å². The van der Waals surface area contributed by atoms with E-state index in [0.29, 0.717) is 17.0 Å². The van der Waals surface area contributed by atoms with Crippen molar-refractivity contribution in [3.63, 3.8) is 0 Å². The zero-order valence-corrected chi connectivity index (χ0v) is 13.2. The minimum Gasteiger partial charge on any atom is -0.403 e. The summed E-state index contributed by atoms with van der Waals surface area (Å²) in [5.41, 5.74) is 0.778. The van der Waals surface area contributed by atoms with Crippen molar-refractivity contribution in [2.45, 2.75) is 32.4 Å². The second-order valence-corrected chi connectivity index (χ2v) is 5.89. The van der Waals surface area contributed by atoms with Crippen molar-refractivity contribution >= 4 is 23.5 Å². The zero-order valence-electron chi connectivity index (χ0n) is 12.4. The van der Waals surface area contributed by atoms with Crippen LogP contribution in [0.4, 0.5) is 6.01 Å². The molecule has 1 aromatic carbocycles. The summed E-state index contributed by atoms with van der Waals surface area (Å²) in [6.45, 7) is 4.64. The van der Waals surface area contributed by atoms with Crippen molar-refractivity contribution in [1.29, 1.82) is 0 Å². The predicted molar refractivity (Wildman–Crippen MR) is 83.6 cm³/mol. The molecule has 1 aliphatic heterocycles. The molecule has 1 N–H and O–H groups in total. The lowest BCUT2D eigenvalue weighted by Gasteiger charge is -2.40. The van der Waals surface area contributed by atoms with Crippen LogP contribution in [0.2, 0.25) is 5.02 Å². The molecule has 1 aliphatic rings. The van der Waals surface area contributed by atoms with Crippen LogP contribution in [-0.2, 0) is 4.79 Å². The first-order chi connectivity index (χ1) is 10.5. The fraction of sp³-hybridized carbons (Fsp3) is 0.400. The number of halogens is 1. The fourth-order valence-corrected chi connectivity index (χ4v) is 2.46. The molecular formula is C15H17ClN4O2. The van der Waals surface area contributed by atoms with Gasteiger partial charge in [-0.1, -0.05) is 16.7 Å². The van der Waals surface area contributed by atoms with E-state index in [-0.39, 0.29) is 11.9 Å². The molecule has 116 valence electrons. The van der Waals surface area contributed by atoms with E-state index in [1.54, 1.807) is 31.2 Å². The summed E-state index contributed by atoms with van der Waals surface area (Å²) >= 11 is 5.85. The number of aromatic nitrogens is 2. The number of amides is 1. The zero-order chi connectivity index (χ0) is 15.7. The van der Waals surface area contributed by atoms with Gasteiger partial charge in [-0.05, 0) is 44.5 Å². The number of likely N-dealkylation sites (tertiary alicyclic amines) is 1. The summed E-state index contributed by atoms with van der Waals surface area (Å²) in [5.74, 6) is 0.432. The van der Waals surface area contributed by atoms with Gasteiger partial charge in [0.2, 0.25) is 11.8 Å². The first-order valence-corrected chi connectivity index (χ1v) is 7.59. The SMILES string of the molecule is C[C@@H]1CCN1C(=O)[C@@H](C)Nc1nnc(-c2ccc(Cl)cc2)o1. The lowest BCUT2D eigenvalue weighted by Crippen LogP contribution is -2.53. The molecule has 3 rings (SSSR count). The monoisotopic (exact) mass is 320 g/mol. The number of hydrogen-bond acceptors (Lipinski definition) is 5. The van der Waals surface area contributed by atoms with Gasteiger partial charge in [-0.2, -0.15) is 0 Å². The highest BCUT2D eigenvalue weighted by molar-refractivity contribution is 6.30. The summed E-state index contributed by atoms with van der Waals surface area (Å²) < 4.78 is 5.54. The van der Waals surface area contributed by atoms with Crippen LogP contribution in [0.25, 0.3) is 11.5 Å². The Hall–Kier alpha value is -2.08. The number of nitrogens with zero attached hydrogens (tertiary/aromatic N) is 3. The van der Waals surface area contributed by atoms with E-state index >= 15 is 0 Å². The third-order valence-electron chi connectivity index (χ3n) is 3.83. The quantitative estimate of drug-likeness (QED) is 0.938. The number of hydrogen-bond donors (Lipinski definition) is 1. The van der Waals surface area contributed by atoms with Crippen molar-refractivity contribution in [2.75, 3.05) is 11.9 Å². The molecule has 0 unspecified atom stereocenters. The molecule has 0 radical (unpaired) electrons. The highest BCUT2D eigenvalue weighted by atomic mass is 35.5. The predicted octanol–water partition coefficient (Wildman–Crippen LogP) is 2.81. The number of benzene rings is 1. The molecule has 0 spiro atoms. The van der Waals surface area contributed by atoms with E-state index < -0.39 is 6.04 Å². The Morgan fingerprint density at radius 1 is 1.41 bits per heavy atom. The average Bonchev–Trinajstić information content (AvgIpc) is 2.94. The lowest BCUT2D eigenvalue weighted by atomic mass is 10.0. The Morgan fingerprint density at radius 3 is 2.73 bits per heavy atom. The van der Waals surface area contributed by atoms with E-state index in [9.17, 15) is 4.79 Å². The third kappa shape index (κ3) is 2.92. The molecule has 1 saturated heterocycles. The van der Waals surface area contributed by atoms with Crippen LogP contribution >= 0.6 is 11.6 Å². The van der Waals surface area contributed by atoms with E-state index in [2.05, 4.69) is 15.5 Å². The van der Waals surface area contributed by atoms with Crippen molar-refractivity contribution in [1.82, 2.24) is 15.1 Å². The molecule has 2 atom stereocenters. The molecule has 7 heteroatoms. The minimum absolute atomic E-state index is 0.0463. The van der Waals surface area contributed by atoms with Crippen LogP contribution in [-0.4, -0.2) is 39.6 Å². The van der Waals surface area contributed by atoms with Gasteiger partial charge in [0.15, 0.2) is 0 Å². The highest BCUT2D eigenvalue weighted by Crippen LogP contribution is 2.23. The van der Waals surface area contributed by atoms with Crippen LogP contribution in [0.3, 0.4) is 0 Å². The smallest absolute Gasteiger partial charge is 0.316 e. The summed E-state index contributed by atoms with van der Waals surface area (Å²) in [6, 6.07) is 7.26. The Balaban J connectivity index is 1.66. The molecule has 6 nitrogen and oxygen atoms in total. The second-order valence-electron chi connectivity index (χ2n) is 5.45. The molecule has 1 fully saturated rings. The highest BCUT2D eigenvalue weighted by Gasteiger charge is 2.31. The number of rotatable bonds is 4. The van der Waals surface area contributed by atoms with Gasteiger partial charge in [-0.25, -0.2) is 0 Å². The van der Waals surface area contributed by atoms with Crippen molar-refractivity contribution < 1.29 is 9.21 Å². The molecular weight excluding hydrogens is 304 g/mol. The fourth-order valence-electron chi connectivity index (χ4n) is 2.33. The summed E-state index contributed by atoms with van der Waals surface area (Å²) in [5, 5.41) is 11.5. The maximum Gasteiger partial charge on any atom is 0.316 e. The summed E-state index contributed by atoms with van der Waals surface area (Å²) in [4.78, 5) is 14.1. The van der Waals surface area contributed by atoms with Crippen LogP contribution in [0.1, 0.15) is 20.3 Å². The molecule has 1 aromatic heterocycles. The summed E-state index contributed by atoms with van der Waals surface area (Å²) in [6.07, 6.45) is 1.06. The van der Waals surface area contributed by atoms with E-state index in [0.717, 1.165) is 18.5 Å². The molecule has 1 amide bonds. The van der Waals surface area contributed by atoms with Gasteiger partial charge in [0, 0.05) is 23.2 Å². The number of anilines is 1. The maximum atomic E-state index is 12.2. The van der Waals surface area contributed by atoms with Crippen LogP contribution in [0, 0.1) is 0 Å². The normalized spacial score (nSPS) is 18.7. The second kappa shape index (κ2) is 5.96. The lowest BCUT2D eigenvalue weighted by molar-refractivity contribution is -0.138. The Bertz CT molecular complexity index is 670. The molecule has 0 saturated carbocycles. The molecule has 22 heavy (non-hydrogen) atoms. The topological polar surface area (TPSA) is 71.3 Å². The van der Waals surface area contributed by atoms with Crippen molar-refractivity contribution in [3.8, 4) is 11.5 Å². The molecule has 0 aliphatic carbocycles. The van der Waals surface area contributed by atoms with Gasteiger partial charge >= 0.3 is 6.01 Å². The molecule has 2 heterocycles. The summed E-state index contributed by atoms with van der Waals surface area (Å²) in [7, 11) is 0. The van der Waals surface area contributed by atoms with Crippen LogP contribution in [0.15, 0.2) is 28.7 Å². The minimum atomic E-state index is -0.402. The van der Waals surface area contributed by atoms with E-state index in [1.165, 1.54) is 0 Å². The van der Waals surface area contributed by atoms with Gasteiger partial charge in [-0.15, -0.1) is 5.10 Å². The van der Waals surface area contributed by atoms with E-state index in [4.69, 9.17) is 16.0 Å². The Kier molecular flexibility index (Phi) is 4.02. The number of carbonyl (C=O) groups excluding carboxylic acids is 1.